The van der Waals surface area contributed by atoms with Gasteiger partial charge >= 0.3 is 0 Å². The first-order valence-corrected chi connectivity index (χ1v) is 11.0. The highest BCUT2D eigenvalue weighted by atomic mass is 35.5. The Morgan fingerprint density at radius 2 is 1.96 bits per heavy atom. The van der Waals surface area contributed by atoms with Crippen molar-refractivity contribution in [3.05, 3.63) is 47.5 Å². The molecule has 0 atom stereocenters. The topological polar surface area (TPSA) is 85.4 Å². The van der Waals surface area contributed by atoms with Gasteiger partial charge in [-0.05, 0) is 49.4 Å². The lowest BCUT2D eigenvalue weighted by atomic mass is 10.3. The van der Waals surface area contributed by atoms with Crippen molar-refractivity contribution in [2.24, 2.45) is 0 Å². The number of rotatable bonds is 7. The van der Waals surface area contributed by atoms with Crippen molar-refractivity contribution < 1.29 is 17.9 Å². The highest BCUT2D eigenvalue weighted by molar-refractivity contribution is 7.91. The molecule has 3 aromatic rings. The molecule has 0 saturated heterocycles. The van der Waals surface area contributed by atoms with Gasteiger partial charge in [-0.3, -0.25) is 4.79 Å². The van der Waals surface area contributed by atoms with Crippen LogP contribution in [0.15, 0.2) is 47.4 Å². The molecule has 9 heteroatoms. The maximum absolute atomic E-state index is 12.3. The molecule has 2 aromatic carbocycles. The number of hydrogen-bond donors (Lipinski definition) is 1. The molecule has 1 aromatic heterocycles. The predicted molar refractivity (Wildman–Crippen MR) is 108 cm³/mol. The molecule has 1 amide bonds. The van der Waals surface area contributed by atoms with E-state index >= 15 is 0 Å². The number of ether oxygens (including phenoxy) is 1. The van der Waals surface area contributed by atoms with Crippen LogP contribution in [0.2, 0.25) is 5.02 Å². The second-order valence-corrected chi connectivity index (χ2v) is 9.23. The van der Waals surface area contributed by atoms with Crippen LogP contribution in [0.5, 0.6) is 5.75 Å². The molecule has 0 aliphatic heterocycles. The van der Waals surface area contributed by atoms with E-state index in [1.165, 1.54) is 35.6 Å². The number of aromatic nitrogens is 1. The van der Waals surface area contributed by atoms with E-state index < -0.39 is 15.7 Å². The van der Waals surface area contributed by atoms with Crippen LogP contribution in [0.1, 0.15) is 13.3 Å². The number of halogens is 1. The third-order valence-corrected chi connectivity index (χ3v) is 6.61. The van der Waals surface area contributed by atoms with E-state index in [1.807, 2.05) is 25.1 Å². The molecule has 3 rings (SSSR count). The molecule has 0 spiro atoms. The molecular weight excluding hydrogens is 408 g/mol. The Morgan fingerprint density at radius 3 is 2.67 bits per heavy atom. The number of anilines is 1. The highest BCUT2D eigenvalue weighted by Gasteiger charge is 2.17. The van der Waals surface area contributed by atoms with Crippen LogP contribution >= 0.6 is 22.9 Å². The Balaban J connectivity index is 1.63. The molecule has 1 N–H and O–H groups in total. The fourth-order valence-electron chi connectivity index (χ4n) is 2.38. The van der Waals surface area contributed by atoms with E-state index in [9.17, 15) is 13.2 Å². The summed E-state index contributed by atoms with van der Waals surface area (Å²) in [6.45, 7) is 2.47. The van der Waals surface area contributed by atoms with Crippen LogP contribution in [-0.4, -0.2) is 31.7 Å². The average molecular weight is 425 g/mol. The molecule has 27 heavy (non-hydrogen) atoms. The zero-order chi connectivity index (χ0) is 19.4. The van der Waals surface area contributed by atoms with E-state index in [-0.39, 0.29) is 17.1 Å². The van der Waals surface area contributed by atoms with Gasteiger partial charge in [0, 0.05) is 11.4 Å². The summed E-state index contributed by atoms with van der Waals surface area (Å²) in [4.78, 5) is 16.6. The van der Waals surface area contributed by atoms with Crippen LogP contribution in [0.25, 0.3) is 10.2 Å². The third kappa shape index (κ3) is 4.97. The number of carbonyl (C=O) groups excluding carboxylic acids is 1. The summed E-state index contributed by atoms with van der Waals surface area (Å²) in [5.41, 5.74) is 0.743. The van der Waals surface area contributed by atoms with Gasteiger partial charge in [0.2, 0.25) is 5.91 Å². The van der Waals surface area contributed by atoms with Gasteiger partial charge in [-0.15, -0.1) is 0 Å². The molecule has 0 aliphatic rings. The zero-order valence-corrected chi connectivity index (χ0v) is 16.8. The monoisotopic (exact) mass is 424 g/mol. The average Bonchev–Trinajstić information content (AvgIpc) is 3.02. The molecular formula is C18H17ClN2O4S2. The summed E-state index contributed by atoms with van der Waals surface area (Å²) in [6, 6.07) is 11.4. The van der Waals surface area contributed by atoms with Gasteiger partial charge in [-0.25, -0.2) is 13.4 Å². The quantitative estimate of drug-likeness (QED) is 0.615. The summed E-state index contributed by atoms with van der Waals surface area (Å²) >= 11 is 7.08. The number of hydrogen-bond acceptors (Lipinski definition) is 6. The van der Waals surface area contributed by atoms with Crippen molar-refractivity contribution in [3.8, 4) is 5.75 Å². The zero-order valence-electron chi connectivity index (χ0n) is 14.4. The standard InChI is InChI=1S/C18H17ClN2O4S2/c1-2-25-13-5-8-15-16(11-13)26-18(20-15)21-17(22)9-10-27(23,24)14-6-3-12(19)4-7-14/h3-8,11H,2,9-10H2,1H3,(H,20,21,22). The lowest BCUT2D eigenvalue weighted by molar-refractivity contribution is -0.115. The van der Waals surface area contributed by atoms with Crippen molar-refractivity contribution in [1.82, 2.24) is 4.98 Å². The number of amides is 1. The maximum atomic E-state index is 12.3. The molecule has 6 nitrogen and oxygen atoms in total. The van der Waals surface area contributed by atoms with E-state index in [0.717, 1.165) is 16.0 Å². The van der Waals surface area contributed by atoms with Gasteiger partial charge in [-0.1, -0.05) is 22.9 Å². The van der Waals surface area contributed by atoms with Gasteiger partial charge in [0.05, 0.1) is 27.5 Å². The number of benzene rings is 2. The number of nitrogens with one attached hydrogen (secondary N) is 1. The van der Waals surface area contributed by atoms with Crippen LogP contribution in [0.3, 0.4) is 0 Å². The normalized spacial score (nSPS) is 11.5. The lowest BCUT2D eigenvalue weighted by Gasteiger charge is -2.04. The van der Waals surface area contributed by atoms with Gasteiger partial charge in [0.25, 0.3) is 0 Å². The van der Waals surface area contributed by atoms with Crippen molar-refractivity contribution in [3.63, 3.8) is 0 Å². The van der Waals surface area contributed by atoms with Crippen molar-refractivity contribution in [1.29, 1.82) is 0 Å². The number of carbonyl (C=O) groups is 1. The Hall–Kier alpha value is -2.16. The first kappa shape index (κ1) is 19.6. The van der Waals surface area contributed by atoms with Crippen molar-refractivity contribution >= 4 is 54.0 Å². The van der Waals surface area contributed by atoms with E-state index in [4.69, 9.17) is 16.3 Å². The summed E-state index contributed by atoms with van der Waals surface area (Å²) in [5, 5.41) is 3.54. The van der Waals surface area contributed by atoms with Crippen LogP contribution in [0, 0.1) is 0 Å². The van der Waals surface area contributed by atoms with E-state index in [2.05, 4.69) is 10.3 Å². The molecule has 0 bridgehead atoms. The largest absolute Gasteiger partial charge is 0.494 e. The SMILES string of the molecule is CCOc1ccc2nc(NC(=O)CCS(=O)(=O)c3ccc(Cl)cc3)sc2c1. The smallest absolute Gasteiger partial charge is 0.227 e. The second kappa shape index (κ2) is 8.24. The first-order chi connectivity index (χ1) is 12.9. The molecule has 0 aliphatic carbocycles. The molecule has 0 radical (unpaired) electrons. The maximum Gasteiger partial charge on any atom is 0.227 e. The molecule has 0 unspecified atom stereocenters. The van der Waals surface area contributed by atoms with Crippen LogP contribution < -0.4 is 10.1 Å². The highest BCUT2D eigenvalue weighted by Crippen LogP contribution is 2.29. The van der Waals surface area contributed by atoms with Gasteiger partial charge in [0.1, 0.15) is 5.75 Å². The Morgan fingerprint density at radius 1 is 1.22 bits per heavy atom. The molecule has 1 heterocycles. The van der Waals surface area contributed by atoms with Crippen molar-refractivity contribution in [2.75, 3.05) is 17.7 Å². The number of sulfone groups is 1. The molecule has 142 valence electrons. The van der Waals surface area contributed by atoms with E-state index in [1.54, 1.807) is 0 Å². The first-order valence-electron chi connectivity index (χ1n) is 8.19. The third-order valence-electron chi connectivity index (χ3n) is 3.69. The minimum atomic E-state index is -3.55. The fourth-order valence-corrected chi connectivity index (χ4v) is 4.66. The van der Waals surface area contributed by atoms with Gasteiger partial charge in [0.15, 0.2) is 15.0 Å². The van der Waals surface area contributed by atoms with Gasteiger partial charge < -0.3 is 10.1 Å². The molecule has 0 saturated carbocycles. The Labute approximate surface area is 166 Å². The number of nitrogens with zero attached hydrogens (tertiary/aromatic N) is 1. The number of fused-ring (bicyclic) bond motifs is 1. The summed E-state index contributed by atoms with van der Waals surface area (Å²) in [6.07, 6.45) is -0.162. The second-order valence-electron chi connectivity index (χ2n) is 5.65. The molecule has 0 fully saturated rings. The Kier molecular flexibility index (Phi) is 5.98. The fraction of sp³-hybridized carbons (Fsp3) is 0.222. The summed E-state index contributed by atoms with van der Waals surface area (Å²) in [5.74, 6) is 0.0389. The minimum Gasteiger partial charge on any atom is -0.494 e. The lowest BCUT2D eigenvalue weighted by Crippen LogP contribution is -2.17. The summed E-state index contributed by atoms with van der Waals surface area (Å²) < 4.78 is 30.9. The predicted octanol–water partition coefficient (Wildman–Crippen LogP) is 4.15. The van der Waals surface area contributed by atoms with Crippen LogP contribution in [0.4, 0.5) is 5.13 Å². The summed E-state index contributed by atoms with van der Waals surface area (Å²) in [7, 11) is -3.55. The van der Waals surface area contributed by atoms with Gasteiger partial charge in [-0.2, -0.15) is 0 Å². The van der Waals surface area contributed by atoms with E-state index in [0.29, 0.717) is 16.8 Å². The number of thiazole rings is 1. The minimum absolute atomic E-state index is 0.142. The van der Waals surface area contributed by atoms with Crippen molar-refractivity contribution in [2.45, 2.75) is 18.2 Å². The Bertz CT molecular complexity index is 1060. The van der Waals surface area contributed by atoms with Crippen LogP contribution in [-0.2, 0) is 14.6 Å².